The summed E-state index contributed by atoms with van der Waals surface area (Å²) in [6.07, 6.45) is 1.23. The van der Waals surface area contributed by atoms with Gasteiger partial charge in [-0.15, -0.1) is 0 Å². The van der Waals surface area contributed by atoms with Crippen LogP contribution in [0.3, 0.4) is 0 Å². The fourth-order valence-corrected chi connectivity index (χ4v) is 3.78. The van der Waals surface area contributed by atoms with Crippen molar-refractivity contribution in [1.82, 2.24) is 14.9 Å². The van der Waals surface area contributed by atoms with Gasteiger partial charge >= 0.3 is 5.69 Å². The summed E-state index contributed by atoms with van der Waals surface area (Å²) >= 11 is 0. The molecule has 0 atom stereocenters. The van der Waals surface area contributed by atoms with Crippen molar-refractivity contribution in [3.05, 3.63) is 40.2 Å². The first kappa shape index (κ1) is 21.1. The number of ether oxygens (including phenoxy) is 2. The fourth-order valence-electron chi connectivity index (χ4n) is 3.78. The molecule has 0 N–H and O–H groups in total. The highest BCUT2D eigenvalue weighted by atomic mass is 16.7. The van der Waals surface area contributed by atoms with Crippen LogP contribution in [0.25, 0.3) is 0 Å². The van der Waals surface area contributed by atoms with Crippen LogP contribution in [0.15, 0.2) is 24.5 Å². The van der Waals surface area contributed by atoms with E-state index in [1.807, 2.05) is 35.2 Å². The number of benzene rings is 1. The van der Waals surface area contributed by atoms with Crippen LogP contribution in [0.5, 0.6) is 11.5 Å². The highest BCUT2D eigenvalue weighted by Gasteiger charge is 2.31. The lowest BCUT2D eigenvalue weighted by atomic mass is 10.1. The third-order valence-electron chi connectivity index (χ3n) is 5.30. The maximum atomic E-state index is 11.9. The number of nitrogens with zero attached hydrogens (tertiary/aromatic N) is 8. The van der Waals surface area contributed by atoms with Crippen molar-refractivity contribution in [3.63, 3.8) is 0 Å². The molecule has 12 heteroatoms. The Morgan fingerprint density at radius 1 is 1.09 bits per heavy atom. The van der Waals surface area contributed by atoms with E-state index in [0.717, 1.165) is 23.6 Å². The van der Waals surface area contributed by atoms with E-state index in [9.17, 15) is 10.1 Å². The van der Waals surface area contributed by atoms with Gasteiger partial charge in [-0.05, 0) is 17.7 Å². The summed E-state index contributed by atoms with van der Waals surface area (Å²) < 4.78 is 10.8. The third-order valence-corrected chi connectivity index (χ3v) is 5.30. The highest BCUT2D eigenvalue weighted by Crippen LogP contribution is 2.35. The summed E-state index contributed by atoms with van der Waals surface area (Å²) in [7, 11) is 0. The van der Waals surface area contributed by atoms with Crippen molar-refractivity contribution in [2.24, 2.45) is 0 Å². The predicted molar refractivity (Wildman–Crippen MR) is 112 cm³/mol. The quantitative estimate of drug-likeness (QED) is 0.351. The monoisotopic (exact) mass is 436 g/mol. The van der Waals surface area contributed by atoms with E-state index in [0.29, 0.717) is 26.2 Å². The van der Waals surface area contributed by atoms with Gasteiger partial charge in [-0.2, -0.15) is 10.5 Å². The number of anilines is 2. The largest absolute Gasteiger partial charge is 0.454 e. The van der Waals surface area contributed by atoms with E-state index >= 15 is 0 Å². The molecule has 0 spiro atoms. The zero-order valence-corrected chi connectivity index (χ0v) is 17.2. The number of aromatic nitrogens is 2. The summed E-state index contributed by atoms with van der Waals surface area (Å²) in [6, 6.07) is 9.70. The number of nitriles is 2. The molecule has 0 unspecified atom stereocenters. The fraction of sp³-hybridized carbons (Fsp3) is 0.400. The minimum atomic E-state index is -0.550. The average Bonchev–Trinajstić information content (AvgIpc) is 3.27. The van der Waals surface area contributed by atoms with E-state index in [-0.39, 0.29) is 37.2 Å². The Kier molecular flexibility index (Phi) is 6.14. The normalized spacial score (nSPS) is 15.1. The average molecular weight is 436 g/mol. The topological polar surface area (TPSA) is 145 Å². The molecule has 32 heavy (non-hydrogen) atoms. The molecule has 4 rings (SSSR count). The van der Waals surface area contributed by atoms with Crippen LogP contribution in [0.4, 0.5) is 17.3 Å². The van der Waals surface area contributed by atoms with Crippen LogP contribution in [-0.2, 0) is 6.54 Å². The molecular weight excluding hydrogens is 416 g/mol. The van der Waals surface area contributed by atoms with Crippen molar-refractivity contribution >= 4 is 17.3 Å². The minimum Gasteiger partial charge on any atom is -0.454 e. The van der Waals surface area contributed by atoms with E-state index in [1.54, 1.807) is 0 Å². The molecule has 1 fully saturated rings. The van der Waals surface area contributed by atoms with Crippen molar-refractivity contribution in [1.29, 1.82) is 10.5 Å². The molecule has 1 aromatic carbocycles. The van der Waals surface area contributed by atoms with Crippen molar-refractivity contribution < 1.29 is 14.4 Å². The molecule has 0 bridgehead atoms. The standard InChI is InChI=1S/C20H20N8O4/c21-3-5-26(6-4-22)19-18(28(29)30)20(24-13-23-19)27-9-7-25(8-10-27)12-15-1-2-16-17(11-15)32-14-31-16/h1-2,11,13H,5-10,12,14H2. The second kappa shape index (κ2) is 9.32. The maximum Gasteiger partial charge on any atom is 0.353 e. The summed E-state index contributed by atoms with van der Waals surface area (Å²) in [5.41, 5.74) is 0.809. The number of hydrogen-bond donors (Lipinski definition) is 0. The van der Waals surface area contributed by atoms with Gasteiger partial charge in [-0.1, -0.05) is 6.07 Å². The Morgan fingerprint density at radius 3 is 2.50 bits per heavy atom. The Bertz CT molecular complexity index is 1070. The SMILES string of the molecule is N#CCN(CC#N)c1ncnc(N2CCN(Cc3ccc4c(c3)OCO4)CC2)c1[N+](=O)[O-]. The van der Waals surface area contributed by atoms with Gasteiger partial charge in [0.15, 0.2) is 11.5 Å². The van der Waals surface area contributed by atoms with Crippen molar-refractivity contribution in [2.45, 2.75) is 6.54 Å². The van der Waals surface area contributed by atoms with Gasteiger partial charge in [-0.3, -0.25) is 15.0 Å². The van der Waals surface area contributed by atoms with Crippen LogP contribution in [0.1, 0.15) is 5.56 Å². The Hall–Kier alpha value is -4.16. The number of rotatable bonds is 7. The van der Waals surface area contributed by atoms with Crippen LogP contribution >= 0.6 is 0 Å². The van der Waals surface area contributed by atoms with Gasteiger partial charge < -0.3 is 19.3 Å². The zero-order chi connectivity index (χ0) is 22.5. The number of fused-ring (bicyclic) bond motifs is 1. The molecule has 2 aromatic rings. The molecule has 0 radical (unpaired) electrons. The second-order valence-electron chi connectivity index (χ2n) is 7.25. The van der Waals surface area contributed by atoms with Crippen molar-refractivity contribution in [2.75, 3.05) is 55.9 Å². The molecule has 12 nitrogen and oxygen atoms in total. The Labute approximate surface area is 184 Å². The predicted octanol–water partition coefficient (Wildman–Crippen LogP) is 1.29. The van der Waals surface area contributed by atoms with Crippen LogP contribution in [0, 0.1) is 32.8 Å². The van der Waals surface area contributed by atoms with E-state index in [2.05, 4.69) is 14.9 Å². The first-order chi connectivity index (χ1) is 15.6. The molecule has 2 aliphatic rings. The molecule has 0 aliphatic carbocycles. The summed E-state index contributed by atoms with van der Waals surface area (Å²) in [4.78, 5) is 24.9. The van der Waals surface area contributed by atoms with Gasteiger partial charge in [-0.25, -0.2) is 9.97 Å². The summed E-state index contributed by atoms with van der Waals surface area (Å²) in [5.74, 6) is 1.66. The second-order valence-corrected chi connectivity index (χ2v) is 7.25. The molecule has 0 saturated carbocycles. The van der Waals surface area contributed by atoms with Gasteiger partial charge in [0, 0.05) is 32.7 Å². The maximum absolute atomic E-state index is 11.9. The lowest BCUT2D eigenvalue weighted by Gasteiger charge is -2.35. The summed E-state index contributed by atoms with van der Waals surface area (Å²) in [5, 5.41) is 29.9. The molecule has 2 aliphatic heterocycles. The van der Waals surface area contributed by atoms with Gasteiger partial charge in [0.05, 0.1) is 17.1 Å². The molecular formula is C20H20N8O4. The lowest BCUT2D eigenvalue weighted by molar-refractivity contribution is -0.383. The molecule has 1 saturated heterocycles. The van der Waals surface area contributed by atoms with Gasteiger partial charge in [0.1, 0.15) is 19.4 Å². The van der Waals surface area contributed by atoms with Gasteiger partial charge in [0.25, 0.3) is 0 Å². The summed E-state index contributed by atoms with van der Waals surface area (Å²) in [6.45, 7) is 3.03. The van der Waals surface area contributed by atoms with Crippen LogP contribution < -0.4 is 19.3 Å². The number of piperazine rings is 1. The van der Waals surface area contributed by atoms with E-state index in [1.165, 1.54) is 11.2 Å². The molecule has 0 amide bonds. The van der Waals surface area contributed by atoms with Gasteiger partial charge in [0.2, 0.25) is 18.4 Å². The Balaban J connectivity index is 1.48. The molecule has 1 aromatic heterocycles. The lowest BCUT2D eigenvalue weighted by Crippen LogP contribution is -2.46. The highest BCUT2D eigenvalue weighted by molar-refractivity contribution is 5.71. The first-order valence-electron chi connectivity index (χ1n) is 9.94. The molecule has 164 valence electrons. The minimum absolute atomic E-state index is 0.0223. The number of hydrogen-bond acceptors (Lipinski definition) is 11. The van der Waals surface area contributed by atoms with Crippen LogP contribution in [-0.4, -0.2) is 65.9 Å². The van der Waals surface area contributed by atoms with Crippen LogP contribution in [0.2, 0.25) is 0 Å². The van der Waals surface area contributed by atoms with E-state index < -0.39 is 4.92 Å². The first-order valence-corrected chi connectivity index (χ1v) is 9.94. The smallest absolute Gasteiger partial charge is 0.353 e. The number of nitro groups is 1. The Morgan fingerprint density at radius 2 is 1.81 bits per heavy atom. The van der Waals surface area contributed by atoms with Crippen molar-refractivity contribution in [3.8, 4) is 23.6 Å². The molecule has 3 heterocycles. The van der Waals surface area contributed by atoms with E-state index in [4.69, 9.17) is 20.0 Å². The third kappa shape index (κ3) is 4.31. The zero-order valence-electron chi connectivity index (χ0n) is 17.2.